The molecule has 0 aliphatic carbocycles. The summed E-state index contributed by atoms with van der Waals surface area (Å²) in [7, 11) is 0. The van der Waals surface area contributed by atoms with E-state index in [4.69, 9.17) is 16.3 Å². The second kappa shape index (κ2) is 5.99. The van der Waals surface area contributed by atoms with E-state index in [0.717, 1.165) is 0 Å². The minimum atomic E-state index is 0.171. The van der Waals surface area contributed by atoms with Crippen LogP contribution in [0.5, 0.6) is 0 Å². The van der Waals surface area contributed by atoms with Gasteiger partial charge in [0.2, 0.25) is 5.95 Å². The summed E-state index contributed by atoms with van der Waals surface area (Å²) in [4.78, 5) is 7.84. The van der Waals surface area contributed by atoms with Gasteiger partial charge >= 0.3 is 0 Å². The topological polar surface area (TPSA) is 111 Å². The first kappa shape index (κ1) is 11.5. The van der Waals surface area contributed by atoms with Gasteiger partial charge in [0.15, 0.2) is 0 Å². The lowest BCUT2D eigenvalue weighted by molar-refractivity contribution is 0.158. The minimum absolute atomic E-state index is 0.171. The Labute approximate surface area is 88.2 Å². The molecule has 7 nitrogen and oxygen atoms in total. The molecule has 0 spiro atoms. The average Bonchev–Trinajstić information content (AvgIpc) is 2.23. The van der Waals surface area contributed by atoms with E-state index < -0.39 is 0 Å². The molecule has 1 aromatic heterocycles. The maximum atomic E-state index is 5.48. The molecule has 1 aromatic rings. The lowest BCUT2D eigenvalue weighted by atomic mass is 10.5. The molecule has 0 aliphatic rings. The molecule has 0 aromatic carbocycles. The molecule has 0 saturated carbocycles. The molecule has 0 amide bonds. The largest absolute Gasteiger partial charge is 0.380 e. The molecule has 7 heteroatoms. The fourth-order valence-electron chi connectivity index (χ4n) is 1.03. The van der Waals surface area contributed by atoms with Crippen molar-refractivity contribution in [3.63, 3.8) is 0 Å². The van der Waals surface area contributed by atoms with Crippen molar-refractivity contribution in [3.05, 3.63) is 6.07 Å². The van der Waals surface area contributed by atoms with E-state index in [9.17, 15) is 0 Å². The first-order valence-corrected chi connectivity index (χ1v) is 4.69. The van der Waals surface area contributed by atoms with Crippen molar-refractivity contribution in [2.24, 2.45) is 5.84 Å². The molecule has 0 radical (unpaired) electrons. The number of rotatable bonds is 6. The summed E-state index contributed by atoms with van der Waals surface area (Å²) >= 11 is 0. The van der Waals surface area contributed by atoms with Gasteiger partial charge in [0.05, 0.1) is 6.61 Å². The van der Waals surface area contributed by atoms with Crippen LogP contribution in [0.25, 0.3) is 0 Å². The number of nitrogens with one attached hydrogen (secondary N) is 2. The van der Waals surface area contributed by atoms with E-state index in [0.29, 0.717) is 31.4 Å². The highest BCUT2D eigenvalue weighted by Gasteiger charge is 1.99. The van der Waals surface area contributed by atoms with Crippen LogP contribution in [-0.4, -0.2) is 29.7 Å². The highest BCUT2D eigenvalue weighted by molar-refractivity contribution is 5.50. The zero-order valence-corrected chi connectivity index (χ0v) is 8.66. The summed E-state index contributed by atoms with van der Waals surface area (Å²) in [5.41, 5.74) is 7.88. The van der Waals surface area contributed by atoms with E-state index in [1.54, 1.807) is 6.07 Å². The highest BCUT2D eigenvalue weighted by atomic mass is 16.5. The van der Waals surface area contributed by atoms with Crippen molar-refractivity contribution >= 4 is 17.6 Å². The second-order valence-corrected chi connectivity index (χ2v) is 2.76. The van der Waals surface area contributed by atoms with Gasteiger partial charge in [-0.3, -0.25) is 0 Å². The van der Waals surface area contributed by atoms with Crippen LogP contribution in [-0.2, 0) is 4.74 Å². The van der Waals surface area contributed by atoms with Crippen molar-refractivity contribution in [1.82, 2.24) is 9.97 Å². The van der Waals surface area contributed by atoms with E-state index in [1.807, 2.05) is 6.92 Å². The van der Waals surface area contributed by atoms with Crippen LogP contribution < -0.4 is 22.3 Å². The van der Waals surface area contributed by atoms with E-state index in [-0.39, 0.29) is 5.95 Å². The quantitative estimate of drug-likeness (QED) is 0.293. The van der Waals surface area contributed by atoms with Crippen molar-refractivity contribution < 1.29 is 4.74 Å². The third kappa shape index (κ3) is 3.96. The molecular weight excluding hydrogens is 196 g/mol. The molecule has 1 heterocycles. The summed E-state index contributed by atoms with van der Waals surface area (Å²) in [5, 5.41) is 3.04. The molecule has 0 unspecified atom stereocenters. The van der Waals surface area contributed by atoms with E-state index in [2.05, 4.69) is 20.7 Å². The smallest absolute Gasteiger partial charge is 0.223 e. The predicted octanol–water partition coefficient (Wildman–Crippen LogP) is -0.207. The molecule has 6 N–H and O–H groups in total. The van der Waals surface area contributed by atoms with Crippen LogP contribution in [0.4, 0.5) is 17.6 Å². The van der Waals surface area contributed by atoms with Gasteiger partial charge in [0.1, 0.15) is 11.6 Å². The summed E-state index contributed by atoms with van der Waals surface area (Å²) in [6.45, 7) is 3.92. The Hall–Kier alpha value is -1.60. The third-order valence-electron chi connectivity index (χ3n) is 1.65. The van der Waals surface area contributed by atoms with Crippen molar-refractivity contribution in [2.75, 3.05) is 36.2 Å². The summed E-state index contributed by atoms with van der Waals surface area (Å²) in [6, 6.07) is 1.67. The van der Waals surface area contributed by atoms with Crippen molar-refractivity contribution in [2.45, 2.75) is 6.92 Å². The SMILES string of the molecule is CCOCCNc1cc(NN)nc(N)n1. The number of hydrogen-bond acceptors (Lipinski definition) is 7. The molecule has 0 bridgehead atoms. The van der Waals surface area contributed by atoms with Gasteiger partial charge in [-0.1, -0.05) is 0 Å². The van der Waals surface area contributed by atoms with Gasteiger partial charge in [-0.15, -0.1) is 0 Å². The number of ether oxygens (including phenoxy) is 1. The van der Waals surface area contributed by atoms with Crippen LogP contribution in [0.3, 0.4) is 0 Å². The highest BCUT2D eigenvalue weighted by Crippen LogP contribution is 2.10. The first-order valence-electron chi connectivity index (χ1n) is 4.69. The third-order valence-corrected chi connectivity index (χ3v) is 1.65. The number of hydrogen-bond donors (Lipinski definition) is 4. The van der Waals surface area contributed by atoms with Gasteiger partial charge < -0.3 is 21.2 Å². The second-order valence-electron chi connectivity index (χ2n) is 2.76. The molecule has 0 atom stereocenters. The Morgan fingerprint density at radius 1 is 1.40 bits per heavy atom. The Bertz CT molecular complexity index is 305. The van der Waals surface area contributed by atoms with Crippen LogP contribution in [0.2, 0.25) is 0 Å². The number of nitrogens with zero attached hydrogens (tertiary/aromatic N) is 2. The van der Waals surface area contributed by atoms with Gasteiger partial charge in [-0.2, -0.15) is 9.97 Å². The predicted molar refractivity (Wildman–Crippen MR) is 59.2 cm³/mol. The van der Waals surface area contributed by atoms with Crippen LogP contribution in [0.1, 0.15) is 6.92 Å². The fourth-order valence-corrected chi connectivity index (χ4v) is 1.03. The van der Waals surface area contributed by atoms with Gasteiger partial charge in [0, 0.05) is 19.2 Å². The minimum Gasteiger partial charge on any atom is -0.380 e. The normalized spacial score (nSPS) is 10.0. The molecule has 0 fully saturated rings. The molecule has 15 heavy (non-hydrogen) atoms. The lowest BCUT2D eigenvalue weighted by Gasteiger charge is -2.07. The number of hydrazine groups is 1. The number of anilines is 3. The Morgan fingerprint density at radius 2 is 2.13 bits per heavy atom. The summed E-state index contributed by atoms with van der Waals surface area (Å²) < 4.78 is 5.16. The molecule has 1 rings (SSSR count). The van der Waals surface area contributed by atoms with E-state index >= 15 is 0 Å². The monoisotopic (exact) mass is 212 g/mol. The van der Waals surface area contributed by atoms with Gasteiger partial charge in [-0.25, -0.2) is 5.84 Å². The zero-order valence-electron chi connectivity index (χ0n) is 8.66. The van der Waals surface area contributed by atoms with Crippen LogP contribution in [0, 0.1) is 0 Å². The summed E-state index contributed by atoms with van der Waals surface area (Å²) in [6.07, 6.45) is 0. The van der Waals surface area contributed by atoms with E-state index in [1.165, 1.54) is 0 Å². The van der Waals surface area contributed by atoms with Crippen LogP contribution >= 0.6 is 0 Å². The Balaban J connectivity index is 2.49. The van der Waals surface area contributed by atoms with Crippen molar-refractivity contribution in [3.8, 4) is 0 Å². The molecule has 0 saturated heterocycles. The molecular formula is C8H16N6O. The molecule has 0 aliphatic heterocycles. The average molecular weight is 212 g/mol. The number of aromatic nitrogens is 2. The fraction of sp³-hybridized carbons (Fsp3) is 0.500. The first-order chi connectivity index (χ1) is 7.26. The summed E-state index contributed by atoms with van der Waals surface area (Å²) in [5.74, 6) is 6.48. The standard InChI is InChI=1S/C8H16N6O/c1-2-15-4-3-11-6-5-7(14-10)13-8(9)12-6/h5H,2-4,10H2,1H3,(H4,9,11,12,13,14). The maximum absolute atomic E-state index is 5.48. The lowest BCUT2D eigenvalue weighted by Crippen LogP contribution is -2.14. The van der Waals surface area contributed by atoms with Gasteiger partial charge in [-0.05, 0) is 6.92 Å². The zero-order chi connectivity index (χ0) is 11.1. The number of nitrogens with two attached hydrogens (primary N) is 2. The van der Waals surface area contributed by atoms with Gasteiger partial charge in [0.25, 0.3) is 0 Å². The maximum Gasteiger partial charge on any atom is 0.223 e. The molecule has 84 valence electrons. The number of nitrogen functional groups attached to an aromatic ring is 2. The Morgan fingerprint density at radius 3 is 2.80 bits per heavy atom. The Kier molecular flexibility index (Phi) is 4.58. The van der Waals surface area contributed by atoms with Crippen LogP contribution in [0.15, 0.2) is 6.07 Å². The van der Waals surface area contributed by atoms with Crippen molar-refractivity contribution in [1.29, 1.82) is 0 Å².